The Kier molecular flexibility index (Phi) is 5.56. The fourth-order valence-corrected chi connectivity index (χ4v) is 1.56. The van der Waals surface area contributed by atoms with E-state index in [1.165, 1.54) is 6.20 Å². The second kappa shape index (κ2) is 6.96. The molecule has 0 aliphatic carbocycles. The predicted octanol–water partition coefficient (Wildman–Crippen LogP) is 2.40. The number of hydrogen-bond donors (Lipinski definition) is 2. The van der Waals surface area contributed by atoms with E-state index in [4.69, 9.17) is 27.3 Å². The standard InChI is InChI=1S/C11H16ClN3O2/c1-2-3-4-7-17-11-9(12)8(5-6-14-11)10(13)15-16/h5-6,16H,2-4,7H2,1H3,(H2,13,15). The largest absolute Gasteiger partial charge is 0.477 e. The lowest BCUT2D eigenvalue weighted by Gasteiger charge is -2.08. The predicted molar refractivity (Wildman–Crippen MR) is 66.8 cm³/mol. The van der Waals surface area contributed by atoms with Crippen molar-refractivity contribution in [2.75, 3.05) is 6.61 Å². The van der Waals surface area contributed by atoms with Crippen molar-refractivity contribution in [1.29, 1.82) is 0 Å². The Morgan fingerprint density at radius 2 is 2.35 bits per heavy atom. The SMILES string of the molecule is CCCCCOc1nccc(/C(N)=N/O)c1Cl. The number of amidine groups is 1. The first kappa shape index (κ1) is 13.6. The van der Waals surface area contributed by atoms with Crippen LogP contribution in [-0.2, 0) is 0 Å². The molecule has 1 aromatic rings. The molecule has 0 fully saturated rings. The number of rotatable bonds is 6. The van der Waals surface area contributed by atoms with Gasteiger partial charge >= 0.3 is 0 Å². The molecule has 0 saturated carbocycles. The van der Waals surface area contributed by atoms with Crippen molar-refractivity contribution in [3.63, 3.8) is 0 Å². The fourth-order valence-electron chi connectivity index (χ4n) is 1.30. The van der Waals surface area contributed by atoms with Gasteiger partial charge in [-0.2, -0.15) is 0 Å². The third kappa shape index (κ3) is 3.78. The van der Waals surface area contributed by atoms with Gasteiger partial charge in [0.25, 0.3) is 0 Å². The van der Waals surface area contributed by atoms with E-state index in [9.17, 15) is 0 Å². The molecule has 94 valence electrons. The van der Waals surface area contributed by atoms with E-state index in [0.29, 0.717) is 18.1 Å². The maximum absolute atomic E-state index is 8.59. The van der Waals surface area contributed by atoms with Crippen LogP contribution in [0.1, 0.15) is 31.7 Å². The van der Waals surface area contributed by atoms with Gasteiger partial charge in [-0.25, -0.2) is 4.98 Å². The zero-order valence-corrected chi connectivity index (χ0v) is 10.4. The van der Waals surface area contributed by atoms with Gasteiger partial charge in [-0.05, 0) is 12.5 Å². The molecule has 3 N–H and O–H groups in total. The number of nitrogens with two attached hydrogens (primary N) is 1. The molecule has 1 heterocycles. The lowest BCUT2D eigenvalue weighted by molar-refractivity contribution is 0.295. The van der Waals surface area contributed by atoms with E-state index in [1.54, 1.807) is 6.07 Å². The summed E-state index contributed by atoms with van der Waals surface area (Å²) in [6, 6.07) is 1.57. The van der Waals surface area contributed by atoms with Crippen molar-refractivity contribution in [3.8, 4) is 5.88 Å². The minimum atomic E-state index is -0.0594. The topological polar surface area (TPSA) is 80.7 Å². The van der Waals surface area contributed by atoms with Crippen molar-refractivity contribution in [2.45, 2.75) is 26.2 Å². The molecular weight excluding hydrogens is 242 g/mol. The third-order valence-electron chi connectivity index (χ3n) is 2.23. The van der Waals surface area contributed by atoms with Gasteiger partial charge in [0.2, 0.25) is 5.88 Å². The highest BCUT2D eigenvalue weighted by molar-refractivity contribution is 6.35. The van der Waals surface area contributed by atoms with E-state index in [-0.39, 0.29) is 10.9 Å². The van der Waals surface area contributed by atoms with Gasteiger partial charge in [0.15, 0.2) is 5.84 Å². The normalized spacial score (nSPS) is 11.5. The molecule has 0 aromatic carbocycles. The van der Waals surface area contributed by atoms with Gasteiger partial charge in [0, 0.05) is 11.8 Å². The van der Waals surface area contributed by atoms with Crippen molar-refractivity contribution in [3.05, 3.63) is 22.8 Å². The van der Waals surface area contributed by atoms with Crippen LogP contribution in [0.25, 0.3) is 0 Å². The monoisotopic (exact) mass is 257 g/mol. The summed E-state index contributed by atoms with van der Waals surface area (Å²) in [6.45, 7) is 2.67. The highest BCUT2D eigenvalue weighted by atomic mass is 35.5. The molecule has 0 bridgehead atoms. The molecule has 5 nitrogen and oxygen atoms in total. The van der Waals surface area contributed by atoms with Crippen LogP contribution in [0.15, 0.2) is 17.4 Å². The maximum atomic E-state index is 8.59. The van der Waals surface area contributed by atoms with Gasteiger partial charge in [-0.1, -0.05) is 36.5 Å². The summed E-state index contributed by atoms with van der Waals surface area (Å²) < 4.78 is 5.44. The lowest BCUT2D eigenvalue weighted by atomic mass is 10.2. The minimum Gasteiger partial charge on any atom is -0.477 e. The molecule has 1 aromatic heterocycles. The molecule has 1 rings (SSSR count). The van der Waals surface area contributed by atoms with Gasteiger partial charge in [-0.15, -0.1) is 0 Å². The average Bonchev–Trinajstić information content (AvgIpc) is 2.35. The Balaban J connectivity index is 2.73. The molecule has 0 radical (unpaired) electrons. The first-order valence-corrected chi connectivity index (χ1v) is 5.83. The number of halogens is 1. The number of oxime groups is 1. The second-order valence-electron chi connectivity index (χ2n) is 3.52. The fraction of sp³-hybridized carbons (Fsp3) is 0.455. The Bertz CT molecular complexity index is 396. The van der Waals surface area contributed by atoms with Crippen LogP contribution in [0.3, 0.4) is 0 Å². The van der Waals surface area contributed by atoms with Crippen LogP contribution < -0.4 is 10.5 Å². The first-order chi connectivity index (χ1) is 8.20. The smallest absolute Gasteiger partial charge is 0.233 e. The van der Waals surface area contributed by atoms with Crippen LogP contribution in [-0.4, -0.2) is 22.6 Å². The summed E-state index contributed by atoms with van der Waals surface area (Å²) in [5.74, 6) is 0.252. The zero-order chi connectivity index (χ0) is 12.7. The Morgan fingerprint density at radius 1 is 1.59 bits per heavy atom. The van der Waals surface area contributed by atoms with Gasteiger partial charge in [0.1, 0.15) is 5.02 Å². The Labute approximate surface area is 105 Å². The first-order valence-electron chi connectivity index (χ1n) is 5.45. The van der Waals surface area contributed by atoms with Crippen molar-refractivity contribution >= 4 is 17.4 Å². The minimum absolute atomic E-state index is 0.0594. The quantitative estimate of drug-likeness (QED) is 0.270. The van der Waals surface area contributed by atoms with E-state index < -0.39 is 0 Å². The molecule has 0 amide bonds. The molecule has 0 aliphatic rings. The summed E-state index contributed by atoms with van der Waals surface area (Å²) >= 11 is 6.04. The summed E-state index contributed by atoms with van der Waals surface area (Å²) in [5.41, 5.74) is 5.88. The van der Waals surface area contributed by atoms with Crippen LogP contribution >= 0.6 is 11.6 Å². The molecule has 0 aliphatic heterocycles. The number of unbranched alkanes of at least 4 members (excludes halogenated alkanes) is 2. The van der Waals surface area contributed by atoms with Crippen LogP contribution in [0, 0.1) is 0 Å². The van der Waals surface area contributed by atoms with E-state index in [0.717, 1.165) is 19.3 Å². The number of nitrogens with zero attached hydrogens (tertiary/aromatic N) is 2. The molecular formula is C11H16ClN3O2. The van der Waals surface area contributed by atoms with E-state index in [1.807, 2.05) is 0 Å². The Hall–Kier alpha value is -1.49. The van der Waals surface area contributed by atoms with Crippen molar-refractivity contribution in [1.82, 2.24) is 4.98 Å². The van der Waals surface area contributed by atoms with Gasteiger partial charge < -0.3 is 15.7 Å². The summed E-state index contributed by atoms with van der Waals surface area (Å²) in [4.78, 5) is 4.01. The molecule has 0 saturated heterocycles. The van der Waals surface area contributed by atoms with Crippen molar-refractivity contribution in [2.24, 2.45) is 10.9 Å². The molecule has 0 unspecified atom stereocenters. The van der Waals surface area contributed by atoms with Crippen LogP contribution in [0.2, 0.25) is 5.02 Å². The second-order valence-corrected chi connectivity index (χ2v) is 3.90. The number of ether oxygens (including phenoxy) is 1. The van der Waals surface area contributed by atoms with Crippen molar-refractivity contribution < 1.29 is 9.94 Å². The zero-order valence-electron chi connectivity index (χ0n) is 9.69. The van der Waals surface area contributed by atoms with Gasteiger partial charge in [-0.3, -0.25) is 0 Å². The molecule has 0 spiro atoms. The summed E-state index contributed by atoms with van der Waals surface area (Å²) in [5, 5.41) is 11.8. The third-order valence-corrected chi connectivity index (χ3v) is 2.59. The van der Waals surface area contributed by atoms with E-state index in [2.05, 4.69) is 17.1 Å². The Morgan fingerprint density at radius 3 is 3.00 bits per heavy atom. The lowest BCUT2D eigenvalue weighted by Crippen LogP contribution is -2.14. The van der Waals surface area contributed by atoms with E-state index >= 15 is 0 Å². The maximum Gasteiger partial charge on any atom is 0.233 e. The van der Waals surface area contributed by atoms with Crippen LogP contribution in [0.4, 0.5) is 0 Å². The molecule has 6 heteroatoms. The summed E-state index contributed by atoms with van der Waals surface area (Å²) in [7, 11) is 0. The number of hydrogen-bond acceptors (Lipinski definition) is 4. The van der Waals surface area contributed by atoms with Crippen LogP contribution in [0.5, 0.6) is 5.88 Å². The highest BCUT2D eigenvalue weighted by Gasteiger charge is 2.11. The van der Waals surface area contributed by atoms with Gasteiger partial charge in [0.05, 0.1) is 6.61 Å². The number of pyridine rings is 1. The number of aromatic nitrogens is 1. The summed E-state index contributed by atoms with van der Waals surface area (Å²) in [6.07, 6.45) is 4.67. The average molecular weight is 258 g/mol. The molecule has 0 atom stereocenters. The highest BCUT2D eigenvalue weighted by Crippen LogP contribution is 2.25. The molecule has 17 heavy (non-hydrogen) atoms.